The Labute approximate surface area is 111 Å². The summed E-state index contributed by atoms with van der Waals surface area (Å²) in [6.07, 6.45) is 0. The van der Waals surface area contributed by atoms with Crippen LogP contribution in [0.2, 0.25) is 0 Å². The van der Waals surface area contributed by atoms with E-state index in [0.717, 1.165) is 9.87 Å². The Kier molecular flexibility index (Phi) is 3.42. The summed E-state index contributed by atoms with van der Waals surface area (Å²) in [7, 11) is -3.82. The molecule has 0 aromatic heterocycles. The maximum absolute atomic E-state index is 12.4. The number of sulfonamides is 1. The molecule has 0 unspecified atom stereocenters. The number of amides is 2. The number of aryl methyl sites for hydroxylation is 2. The average Bonchev–Trinajstić information content (AvgIpc) is 2.26. The highest BCUT2D eigenvalue weighted by molar-refractivity contribution is 7.89. The molecule has 19 heavy (non-hydrogen) atoms. The molecule has 1 aliphatic rings. The first-order valence-electron chi connectivity index (χ1n) is 5.71. The molecular formula is C12H14N2O4S. The lowest BCUT2D eigenvalue weighted by Crippen LogP contribution is -2.53. The Balaban J connectivity index is 2.42. The van der Waals surface area contributed by atoms with E-state index < -0.39 is 21.8 Å². The van der Waals surface area contributed by atoms with Gasteiger partial charge in [0.2, 0.25) is 21.8 Å². The zero-order valence-corrected chi connectivity index (χ0v) is 11.5. The molecule has 0 atom stereocenters. The largest absolute Gasteiger partial charge is 0.294 e. The summed E-state index contributed by atoms with van der Waals surface area (Å²) in [6, 6.07) is 4.93. The van der Waals surface area contributed by atoms with Crippen molar-refractivity contribution < 1.29 is 18.0 Å². The standard InChI is InChI=1S/C12H14N2O4S/c1-8-3-4-10(9(2)5-8)19(17,18)14-6-11(15)13-12(16)7-14/h3-5H,6-7H2,1-2H3,(H,13,15,16). The van der Waals surface area contributed by atoms with Crippen LogP contribution in [0, 0.1) is 13.8 Å². The third-order valence-electron chi connectivity index (χ3n) is 2.87. The van der Waals surface area contributed by atoms with Gasteiger partial charge in [0.05, 0.1) is 18.0 Å². The molecule has 0 spiro atoms. The van der Waals surface area contributed by atoms with Crippen LogP contribution in [0.5, 0.6) is 0 Å². The first-order valence-corrected chi connectivity index (χ1v) is 7.15. The van der Waals surface area contributed by atoms with Gasteiger partial charge in [-0.05, 0) is 25.5 Å². The summed E-state index contributed by atoms with van der Waals surface area (Å²) >= 11 is 0. The van der Waals surface area contributed by atoms with Crippen LogP contribution in [-0.2, 0) is 19.6 Å². The minimum absolute atomic E-state index is 0.126. The van der Waals surface area contributed by atoms with Crippen LogP contribution >= 0.6 is 0 Å². The van der Waals surface area contributed by atoms with Crippen molar-refractivity contribution in [2.75, 3.05) is 13.1 Å². The molecule has 0 radical (unpaired) electrons. The molecule has 1 aromatic rings. The zero-order valence-electron chi connectivity index (χ0n) is 10.6. The molecule has 1 aliphatic heterocycles. The molecule has 0 bridgehead atoms. The van der Waals surface area contributed by atoms with Gasteiger partial charge in [-0.15, -0.1) is 0 Å². The normalized spacial score (nSPS) is 17.4. The molecule has 102 valence electrons. The van der Waals surface area contributed by atoms with Crippen LogP contribution in [0.25, 0.3) is 0 Å². The third kappa shape index (κ3) is 2.66. The van der Waals surface area contributed by atoms with Crippen molar-refractivity contribution in [1.29, 1.82) is 0 Å². The minimum Gasteiger partial charge on any atom is -0.294 e. The van der Waals surface area contributed by atoms with Gasteiger partial charge in [0.15, 0.2) is 0 Å². The van der Waals surface area contributed by atoms with Gasteiger partial charge in [-0.1, -0.05) is 17.7 Å². The van der Waals surface area contributed by atoms with Crippen molar-refractivity contribution in [3.8, 4) is 0 Å². The molecule has 1 aromatic carbocycles. The van der Waals surface area contributed by atoms with Crippen LogP contribution in [0.4, 0.5) is 0 Å². The second-order valence-electron chi connectivity index (χ2n) is 4.51. The maximum Gasteiger partial charge on any atom is 0.244 e. The fraction of sp³-hybridized carbons (Fsp3) is 0.333. The highest BCUT2D eigenvalue weighted by Gasteiger charge is 2.33. The highest BCUT2D eigenvalue weighted by atomic mass is 32.2. The predicted octanol–water partition coefficient (Wildman–Crippen LogP) is -0.0495. The van der Waals surface area contributed by atoms with Crippen LogP contribution in [-0.4, -0.2) is 37.6 Å². The minimum atomic E-state index is -3.82. The van der Waals surface area contributed by atoms with Gasteiger partial charge < -0.3 is 0 Å². The second-order valence-corrected chi connectivity index (χ2v) is 6.42. The van der Waals surface area contributed by atoms with Gasteiger partial charge in [-0.25, -0.2) is 8.42 Å². The number of carbonyl (C=O) groups excluding carboxylic acids is 2. The quantitative estimate of drug-likeness (QED) is 0.771. The fourth-order valence-corrected chi connectivity index (χ4v) is 3.57. The van der Waals surface area contributed by atoms with Gasteiger partial charge in [-0.2, -0.15) is 4.31 Å². The summed E-state index contributed by atoms with van der Waals surface area (Å²) in [5.74, 6) is -1.21. The van der Waals surface area contributed by atoms with Gasteiger partial charge in [0.25, 0.3) is 0 Å². The van der Waals surface area contributed by atoms with Crippen LogP contribution in [0.15, 0.2) is 23.1 Å². The van der Waals surface area contributed by atoms with Crippen molar-refractivity contribution in [2.24, 2.45) is 0 Å². The number of hydrogen-bond donors (Lipinski definition) is 1. The molecule has 1 N–H and O–H groups in total. The summed E-state index contributed by atoms with van der Waals surface area (Å²) in [5.41, 5.74) is 1.54. The maximum atomic E-state index is 12.4. The molecule has 1 heterocycles. The van der Waals surface area contributed by atoms with E-state index in [2.05, 4.69) is 5.32 Å². The van der Waals surface area contributed by atoms with Crippen LogP contribution in [0.1, 0.15) is 11.1 Å². The number of nitrogens with zero attached hydrogens (tertiary/aromatic N) is 1. The summed E-state index contributed by atoms with van der Waals surface area (Å²) in [5, 5.41) is 2.07. The number of nitrogens with one attached hydrogen (secondary N) is 1. The topological polar surface area (TPSA) is 83.6 Å². The van der Waals surface area contributed by atoms with Gasteiger partial charge in [-0.3, -0.25) is 14.9 Å². The van der Waals surface area contributed by atoms with Crippen molar-refractivity contribution in [3.05, 3.63) is 29.3 Å². The third-order valence-corrected chi connectivity index (χ3v) is 4.82. The van der Waals surface area contributed by atoms with E-state index in [1.807, 2.05) is 6.92 Å². The second kappa shape index (κ2) is 4.75. The number of imide groups is 1. The first kappa shape index (κ1) is 13.7. The Bertz CT molecular complexity index is 636. The Morgan fingerprint density at radius 3 is 2.21 bits per heavy atom. The monoisotopic (exact) mass is 282 g/mol. The summed E-state index contributed by atoms with van der Waals surface area (Å²) in [4.78, 5) is 22.7. The van der Waals surface area contributed by atoms with E-state index in [1.165, 1.54) is 6.07 Å². The van der Waals surface area contributed by atoms with E-state index in [0.29, 0.717) is 5.56 Å². The molecular weight excluding hydrogens is 268 g/mol. The van der Waals surface area contributed by atoms with Gasteiger partial charge >= 0.3 is 0 Å². The highest BCUT2D eigenvalue weighted by Crippen LogP contribution is 2.21. The number of benzene rings is 1. The van der Waals surface area contributed by atoms with Crippen molar-refractivity contribution >= 4 is 21.8 Å². The number of hydrogen-bond acceptors (Lipinski definition) is 4. The molecule has 2 amide bonds. The Hall–Kier alpha value is -1.73. The number of rotatable bonds is 2. The van der Waals surface area contributed by atoms with Crippen molar-refractivity contribution in [2.45, 2.75) is 18.7 Å². The van der Waals surface area contributed by atoms with Crippen molar-refractivity contribution in [3.63, 3.8) is 0 Å². The van der Waals surface area contributed by atoms with E-state index in [-0.39, 0.29) is 18.0 Å². The molecule has 1 saturated heterocycles. The van der Waals surface area contributed by atoms with Gasteiger partial charge in [0.1, 0.15) is 0 Å². The van der Waals surface area contributed by atoms with E-state index in [9.17, 15) is 18.0 Å². The molecule has 1 fully saturated rings. The van der Waals surface area contributed by atoms with E-state index in [4.69, 9.17) is 0 Å². The summed E-state index contributed by atoms with van der Waals surface area (Å²) < 4.78 is 25.7. The van der Waals surface area contributed by atoms with E-state index in [1.54, 1.807) is 19.1 Å². The molecule has 0 aliphatic carbocycles. The zero-order chi connectivity index (χ0) is 14.2. The number of piperazine rings is 1. The fourth-order valence-electron chi connectivity index (χ4n) is 2.01. The Morgan fingerprint density at radius 2 is 1.68 bits per heavy atom. The average molecular weight is 282 g/mol. The van der Waals surface area contributed by atoms with Crippen LogP contribution < -0.4 is 5.32 Å². The molecule has 0 saturated carbocycles. The summed E-state index contributed by atoms with van der Waals surface area (Å²) in [6.45, 7) is 2.88. The lowest BCUT2D eigenvalue weighted by atomic mass is 10.2. The first-order chi connectivity index (χ1) is 8.80. The van der Waals surface area contributed by atoms with Crippen molar-refractivity contribution in [1.82, 2.24) is 9.62 Å². The smallest absolute Gasteiger partial charge is 0.244 e. The SMILES string of the molecule is Cc1ccc(S(=O)(=O)N2CC(=O)NC(=O)C2)c(C)c1. The number of carbonyl (C=O) groups is 2. The molecule has 6 nitrogen and oxygen atoms in total. The lowest BCUT2D eigenvalue weighted by molar-refractivity contribution is -0.134. The molecule has 2 rings (SSSR count). The molecule has 7 heteroatoms. The Morgan fingerprint density at radius 1 is 1.11 bits per heavy atom. The predicted molar refractivity (Wildman–Crippen MR) is 67.8 cm³/mol. The van der Waals surface area contributed by atoms with E-state index >= 15 is 0 Å². The lowest BCUT2D eigenvalue weighted by Gasteiger charge is -2.25. The van der Waals surface area contributed by atoms with Gasteiger partial charge in [0, 0.05) is 0 Å². The van der Waals surface area contributed by atoms with Crippen LogP contribution in [0.3, 0.4) is 0 Å².